The van der Waals surface area contributed by atoms with Crippen molar-refractivity contribution in [2.45, 2.75) is 31.7 Å². The Labute approximate surface area is 122 Å². The summed E-state index contributed by atoms with van der Waals surface area (Å²) in [5.41, 5.74) is 6.24. The highest BCUT2D eigenvalue weighted by atomic mass is 16.5. The molecule has 2 fully saturated rings. The maximum atomic E-state index is 6.24. The summed E-state index contributed by atoms with van der Waals surface area (Å²) in [6.45, 7) is 4.47. The Morgan fingerprint density at radius 1 is 1.05 bits per heavy atom. The SMILES string of the molecule is NC1[C@@H]2CC[C@H]1CN(CCCCOc1ccccc1)C2. The second-order valence-electron chi connectivity index (χ2n) is 6.30. The number of hydrogen-bond acceptors (Lipinski definition) is 3. The van der Waals surface area contributed by atoms with Crippen molar-refractivity contribution in [3.8, 4) is 5.75 Å². The summed E-state index contributed by atoms with van der Waals surface area (Å²) in [5, 5.41) is 0. The van der Waals surface area contributed by atoms with Crippen LogP contribution in [0, 0.1) is 11.8 Å². The van der Waals surface area contributed by atoms with Gasteiger partial charge in [0.05, 0.1) is 6.61 Å². The summed E-state index contributed by atoms with van der Waals surface area (Å²) in [5.74, 6) is 2.50. The van der Waals surface area contributed by atoms with Crippen molar-refractivity contribution < 1.29 is 4.74 Å². The molecule has 1 heterocycles. The van der Waals surface area contributed by atoms with Crippen LogP contribution in [-0.2, 0) is 0 Å². The summed E-state index contributed by atoms with van der Waals surface area (Å²) < 4.78 is 5.73. The summed E-state index contributed by atoms with van der Waals surface area (Å²) in [4.78, 5) is 2.62. The summed E-state index contributed by atoms with van der Waals surface area (Å²) in [6.07, 6.45) is 5.05. The quantitative estimate of drug-likeness (QED) is 0.810. The number of hydrogen-bond donors (Lipinski definition) is 1. The number of nitrogens with two attached hydrogens (primary N) is 1. The van der Waals surface area contributed by atoms with Gasteiger partial charge in [0.25, 0.3) is 0 Å². The average Bonchev–Trinajstić information content (AvgIpc) is 2.70. The van der Waals surface area contributed by atoms with Gasteiger partial charge in [-0.25, -0.2) is 0 Å². The zero-order valence-corrected chi connectivity index (χ0v) is 12.2. The van der Waals surface area contributed by atoms with E-state index in [-0.39, 0.29) is 0 Å². The number of para-hydroxylation sites is 1. The molecular formula is C17H26N2O. The standard InChI is InChI=1S/C17H26N2O/c18-17-14-8-9-15(17)13-19(12-14)10-4-5-11-20-16-6-2-1-3-7-16/h1-3,6-7,14-15,17H,4-5,8-13,18H2/t14-,15+,17?. The van der Waals surface area contributed by atoms with Crippen LogP contribution in [0.1, 0.15) is 25.7 Å². The molecule has 1 saturated heterocycles. The fourth-order valence-electron chi connectivity index (χ4n) is 3.69. The minimum Gasteiger partial charge on any atom is -0.494 e. The lowest BCUT2D eigenvalue weighted by molar-refractivity contribution is 0.143. The summed E-state index contributed by atoms with van der Waals surface area (Å²) in [7, 11) is 0. The van der Waals surface area contributed by atoms with Gasteiger partial charge < -0.3 is 15.4 Å². The molecule has 1 aromatic rings. The molecule has 1 unspecified atom stereocenters. The largest absolute Gasteiger partial charge is 0.494 e. The first kappa shape index (κ1) is 13.9. The molecular weight excluding hydrogens is 248 g/mol. The fourth-order valence-corrected chi connectivity index (χ4v) is 3.69. The third-order valence-electron chi connectivity index (χ3n) is 4.86. The number of ether oxygens (including phenoxy) is 1. The Kier molecular flexibility index (Phi) is 4.58. The van der Waals surface area contributed by atoms with Crippen molar-refractivity contribution >= 4 is 0 Å². The first-order valence-corrected chi connectivity index (χ1v) is 7.99. The van der Waals surface area contributed by atoms with Gasteiger partial charge in [0.2, 0.25) is 0 Å². The molecule has 3 atom stereocenters. The van der Waals surface area contributed by atoms with Gasteiger partial charge in [0.1, 0.15) is 5.75 Å². The normalized spacial score (nSPS) is 29.6. The third-order valence-corrected chi connectivity index (χ3v) is 4.86. The number of unbranched alkanes of at least 4 members (excludes halogenated alkanes) is 1. The maximum absolute atomic E-state index is 6.24. The number of benzene rings is 1. The predicted octanol–water partition coefficient (Wildman–Crippen LogP) is 2.51. The molecule has 3 heteroatoms. The molecule has 20 heavy (non-hydrogen) atoms. The zero-order chi connectivity index (χ0) is 13.8. The number of fused-ring (bicyclic) bond motifs is 2. The van der Waals surface area contributed by atoms with Gasteiger partial charge in [0, 0.05) is 19.1 Å². The topological polar surface area (TPSA) is 38.5 Å². The van der Waals surface area contributed by atoms with Gasteiger partial charge in [-0.1, -0.05) is 18.2 Å². The van der Waals surface area contributed by atoms with Crippen LogP contribution in [0.3, 0.4) is 0 Å². The van der Waals surface area contributed by atoms with Crippen LogP contribution < -0.4 is 10.5 Å². The zero-order valence-electron chi connectivity index (χ0n) is 12.2. The molecule has 2 bridgehead atoms. The van der Waals surface area contributed by atoms with Crippen molar-refractivity contribution in [2.75, 3.05) is 26.2 Å². The van der Waals surface area contributed by atoms with Crippen LogP contribution >= 0.6 is 0 Å². The van der Waals surface area contributed by atoms with Crippen molar-refractivity contribution in [1.29, 1.82) is 0 Å². The van der Waals surface area contributed by atoms with Gasteiger partial charge in [-0.2, -0.15) is 0 Å². The molecule has 1 aromatic carbocycles. The molecule has 3 rings (SSSR count). The Balaban J connectivity index is 1.31. The highest BCUT2D eigenvalue weighted by molar-refractivity contribution is 5.20. The Morgan fingerprint density at radius 2 is 1.75 bits per heavy atom. The molecule has 2 N–H and O–H groups in total. The highest BCUT2D eigenvalue weighted by Crippen LogP contribution is 2.35. The van der Waals surface area contributed by atoms with E-state index >= 15 is 0 Å². The van der Waals surface area contributed by atoms with Crippen LogP contribution in [0.2, 0.25) is 0 Å². The third kappa shape index (κ3) is 3.33. The van der Waals surface area contributed by atoms with Crippen molar-refractivity contribution in [3.05, 3.63) is 30.3 Å². The first-order valence-electron chi connectivity index (χ1n) is 7.99. The monoisotopic (exact) mass is 274 g/mol. The van der Waals surface area contributed by atoms with E-state index in [2.05, 4.69) is 4.90 Å². The van der Waals surface area contributed by atoms with E-state index in [1.54, 1.807) is 0 Å². The predicted molar refractivity (Wildman–Crippen MR) is 81.8 cm³/mol. The number of piperidine rings is 1. The molecule has 1 aliphatic carbocycles. The molecule has 0 amide bonds. The van der Waals surface area contributed by atoms with Crippen LogP contribution in [0.15, 0.2) is 30.3 Å². The molecule has 0 aromatic heterocycles. The van der Waals surface area contributed by atoms with E-state index in [1.807, 2.05) is 30.3 Å². The van der Waals surface area contributed by atoms with Gasteiger partial charge in [-0.3, -0.25) is 0 Å². The van der Waals surface area contributed by atoms with Crippen molar-refractivity contribution in [2.24, 2.45) is 17.6 Å². The molecule has 1 saturated carbocycles. The molecule has 1 aliphatic heterocycles. The minimum absolute atomic E-state index is 0.479. The van der Waals surface area contributed by atoms with E-state index < -0.39 is 0 Å². The van der Waals surface area contributed by atoms with Crippen LogP contribution in [0.5, 0.6) is 5.75 Å². The summed E-state index contributed by atoms with van der Waals surface area (Å²) in [6, 6.07) is 10.6. The molecule has 3 nitrogen and oxygen atoms in total. The molecule has 0 radical (unpaired) electrons. The maximum Gasteiger partial charge on any atom is 0.119 e. The Morgan fingerprint density at radius 3 is 2.45 bits per heavy atom. The Bertz CT molecular complexity index is 395. The van der Waals surface area contributed by atoms with Crippen LogP contribution in [-0.4, -0.2) is 37.2 Å². The molecule has 2 aliphatic rings. The van der Waals surface area contributed by atoms with E-state index in [9.17, 15) is 0 Å². The Hall–Kier alpha value is -1.06. The van der Waals surface area contributed by atoms with E-state index in [4.69, 9.17) is 10.5 Å². The van der Waals surface area contributed by atoms with Crippen molar-refractivity contribution in [1.82, 2.24) is 4.90 Å². The van der Waals surface area contributed by atoms with Crippen LogP contribution in [0.4, 0.5) is 0 Å². The van der Waals surface area contributed by atoms with Gasteiger partial charge >= 0.3 is 0 Å². The lowest BCUT2D eigenvalue weighted by Gasteiger charge is -2.36. The fraction of sp³-hybridized carbons (Fsp3) is 0.647. The average molecular weight is 274 g/mol. The molecule has 110 valence electrons. The van der Waals surface area contributed by atoms with E-state index in [0.29, 0.717) is 6.04 Å². The van der Waals surface area contributed by atoms with E-state index in [0.717, 1.165) is 30.6 Å². The van der Waals surface area contributed by atoms with Crippen molar-refractivity contribution in [3.63, 3.8) is 0 Å². The van der Waals surface area contributed by atoms with Gasteiger partial charge in [-0.15, -0.1) is 0 Å². The number of rotatable bonds is 6. The second kappa shape index (κ2) is 6.59. The lowest BCUT2D eigenvalue weighted by atomic mass is 9.93. The number of nitrogens with zero attached hydrogens (tertiary/aromatic N) is 1. The minimum atomic E-state index is 0.479. The van der Waals surface area contributed by atoms with Gasteiger partial charge in [-0.05, 0) is 56.2 Å². The smallest absolute Gasteiger partial charge is 0.119 e. The first-order chi connectivity index (χ1) is 9.83. The lowest BCUT2D eigenvalue weighted by Crippen LogP contribution is -2.48. The second-order valence-corrected chi connectivity index (χ2v) is 6.30. The summed E-state index contributed by atoms with van der Waals surface area (Å²) >= 11 is 0. The highest BCUT2D eigenvalue weighted by Gasteiger charge is 2.39. The number of likely N-dealkylation sites (tertiary alicyclic amines) is 1. The van der Waals surface area contributed by atoms with Gasteiger partial charge in [0.15, 0.2) is 0 Å². The molecule has 0 spiro atoms. The van der Waals surface area contributed by atoms with Crippen LogP contribution in [0.25, 0.3) is 0 Å². The van der Waals surface area contributed by atoms with E-state index in [1.165, 1.54) is 38.9 Å².